The lowest BCUT2D eigenvalue weighted by molar-refractivity contribution is -0.117. The summed E-state index contributed by atoms with van der Waals surface area (Å²) in [4.78, 5) is 42.6. The van der Waals surface area contributed by atoms with Crippen molar-refractivity contribution in [3.63, 3.8) is 0 Å². The Morgan fingerprint density at radius 1 is 0.855 bits per heavy atom. The number of hydrogen-bond donors (Lipinski definition) is 4. The molecule has 4 N–H and O–H groups in total. The van der Waals surface area contributed by atoms with E-state index in [1.807, 2.05) is 36.4 Å². The normalized spacial score (nSPS) is 13.5. The van der Waals surface area contributed by atoms with Gasteiger partial charge in [-0.1, -0.05) is 18.2 Å². The van der Waals surface area contributed by atoms with Gasteiger partial charge in [0.1, 0.15) is 17.3 Å². The first-order valence-corrected chi connectivity index (χ1v) is 19.9. The number of carbonyl (C=O) groups is 2. The van der Waals surface area contributed by atoms with Crippen molar-refractivity contribution >= 4 is 62.0 Å². The van der Waals surface area contributed by atoms with Gasteiger partial charge in [-0.25, -0.2) is 17.5 Å². The predicted molar refractivity (Wildman–Crippen MR) is 215 cm³/mol. The molecule has 1 heterocycles. The first kappa shape index (κ1) is 38.8. The number of anilines is 4. The van der Waals surface area contributed by atoms with Crippen LogP contribution in [0.1, 0.15) is 28.8 Å². The van der Waals surface area contributed by atoms with Gasteiger partial charge in [0.15, 0.2) is 0 Å². The lowest BCUT2D eigenvalue weighted by Crippen LogP contribution is -2.46. The van der Waals surface area contributed by atoms with Crippen molar-refractivity contribution in [3.8, 4) is 5.75 Å². The fourth-order valence-electron chi connectivity index (χ4n) is 6.05. The number of nitrogens with one attached hydrogen (secondary N) is 3. The van der Waals surface area contributed by atoms with Crippen LogP contribution < -0.4 is 25.2 Å². The Balaban J connectivity index is 1.02. The standard InChI is InChI=1S/C40H39FN6O6S2/c1-27(39(49)43-31-11-9-30(41)10-12-31)29-23-33(25-34(48)24-29)47-20-18-46(19-21-47)32-13-7-28(8-14-32)40(50)45-55(52,53)36-15-16-37(38(26-36)44-51)42-17-22-54-35-5-3-2-4-6-35/h2-16,23-27,42,48H,17-22H2,1H3,(H,43,49)(H,45,50). The maximum Gasteiger partial charge on any atom is 0.264 e. The van der Waals surface area contributed by atoms with E-state index < -0.39 is 27.7 Å². The average molecular weight is 783 g/mol. The lowest BCUT2D eigenvalue weighted by Gasteiger charge is -2.37. The number of rotatable bonds is 14. The number of amides is 2. The summed E-state index contributed by atoms with van der Waals surface area (Å²) in [5.41, 5.74) is 3.15. The third kappa shape index (κ3) is 9.99. The average Bonchev–Trinajstić information content (AvgIpc) is 3.20. The van der Waals surface area contributed by atoms with Crippen molar-refractivity contribution in [2.24, 2.45) is 5.18 Å². The topological polar surface area (TPSA) is 161 Å². The highest BCUT2D eigenvalue weighted by atomic mass is 32.2. The molecule has 1 atom stereocenters. The SMILES string of the molecule is CC(C(=O)Nc1ccc(F)cc1)c1cc(O)cc(N2CCN(c3ccc(C(=O)NS(=O)(=O)c4ccc(NCCSc5ccccc5)c(N=O)c4)cc3)CC2)c1. The molecule has 55 heavy (non-hydrogen) atoms. The van der Waals surface area contributed by atoms with Gasteiger partial charge < -0.3 is 25.5 Å². The Morgan fingerprint density at radius 2 is 1.53 bits per heavy atom. The second-order valence-corrected chi connectivity index (χ2v) is 15.7. The van der Waals surface area contributed by atoms with E-state index in [4.69, 9.17) is 0 Å². The van der Waals surface area contributed by atoms with E-state index in [9.17, 15) is 32.4 Å². The van der Waals surface area contributed by atoms with Gasteiger partial charge in [-0.3, -0.25) is 9.59 Å². The van der Waals surface area contributed by atoms with Gasteiger partial charge in [0.2, 0.25) is 5.91 Å². The summed E-state index contributed by atoms with van der Waals surface area (Å²) in [6.07, 6.45) is 0. The number of nitrogens with zero attached hydrogens (tertiary/aromatic N) is 3. The van der Waals surface area contributed by atoms with Crippen molar-refractivity contribution in [1.29, 1.82) is 0 Å². The van der Waals surface area contributed by atoms with Gasteiger partial charge in [-0.15, -0.1) is 16.7 Å². The van der Waals surface area contributed by atoms with Crippen molar-refractivity contribution in [3.05, 3.63) is 137 Å². The number of aromatic hydroxyl groups is 1. The summed E-state index contributed by atoms with van der Waals surface area (Å²) >= 11 is 1.63. The Kier molecular flexibility index (Phi) is 12.3. The lowest BCUT2D eigenvalue weighted by atomic mass is 9.98. The van der Waals surface area contributed by atoms with Gasteiger partial charge >= 0.3 is 0 Å². The van der Waals surface area contributed by atoms with Crippen LogP contribution in [0.5, 0.6) is 5.75 Å². The van der Waals surface area contributed by atoms with E-state index in [2.05, 4.69) is 30.3 Å². The van der Waals surface area contributed by atoms with Crippen LogP contribution in [0.25, 0.3) is 0 Å². The highest BCUT2D eigenvalue weighted by Gasteiger charge is 2.24. The fourth-order valence-corrected chi connectivity index (χ4v) is 7.83. The molecule has 0 bridgehead atoms. The molecule has 1 fully saturated rings. The molecule has 2 amide bonds. The Hall–Kier alpha value is -5.93. The smallest absolute Gasteiger partial charge is 0.264 e. The molecule has 0 aromatic heterocycles. The van der Waals surface area contributed by atoms with Crippen LogP contribution in [0.2, 0.25) is 0 Å². The van der Waals surface area contributed by atoms with Crippen molar-refractivity contribution in [2.45, 2.75) is 22.6 Å². The number of nitroso groups, excluding NO2 is 1. The number of thioether (sulfide) groups is 1. The highest BCUT2D eigenvalue weighted by molar-refractivity contribution is 7.99. The summed E-state index contributed by atoms with van der Waals surface area (Å²) < 4.78 is 41.6. The van der Waals surface area contributed by atoms with Gasteiger partial charge in [0.05, 0.1) is 16.5 Å². The van der Waals surface area contributed by atoms with E-state index in [1.54, 1.807) is 55.1 Å². The van der Waals surface area contributed by atoms with Gasteiger partial charge in [-0.05, 0) is 109 Å². The maximum absolute atomic E-state index is 13.3. The summed E-state index contributed by atoms with van der Waals surface area (Å²) in [5.74, 6) is -1.36. The fraction of sp³-hybridized carbons (Fsp3) is 0.200. The second-order valence-electron chi connectivity index (χ2n) is 12.8. The first-order chi connectivity index (χ1) is 26.5. The number of phenols is 1. The molecule has 284 valence electrons. The highest BCUT2D eigenvalue weighted by Crippen LogP contribution is 2.31. The van der Waals surface area contributed by atoms with E-state index >= 15 is 0 Å². The van der Waals surface area contributed by atoms with Crippen LogP contribution in [0.3, 0.4) is 0 Å². The summed E-state index contributed by atoms with van der Waals surface area (Å²) in [6.45, 7) is 4.71. The number of carbonyl (C=O) groups excluding carboxylic acids is 2. The monoisotopic (exact) mass is 782 g/mol. The molecule has 0 spiro atoms. The summed E-state index contributed by atoms with van der Waals surface area (Å²) in [7, 11) is -4.31. The molecule has 0 saturated carbocycles. The third-order valence-corrected chi connectivity index (χ3v) is 11.4. The zero-order valence-corrected chi connectivity index (χ0v) is 31.4. The number of piperazine rings is 1. The third-order valence-electron chi connectivity index (χ3n) is 9.10. The van der Waals surface area contributed by atoms with Gasteiger partial charge in [0.25, 0.3) is 15.9 Å². The second kappa shape index (κ2) is 17.5. The van der Waals surface area contributed by atoms with Crippen LogP contribution >= 0.6 is 11.8 Å². The minimum Gasteiger partial charge on any atom is -0.508 e. The van der Waals surface area contributed by atoms with E-state index in [0.717, 1.165) is 22.3 Å². The number of phenolic OH excluding ortho intramolecular Hbond substituents is 1. The molecule has 5 aromatic carbocycles. The molecule has 1 unspecified atom stereocenters. The molecule has 0 aliphatic carbocycles. The van der Waals surface area contributed by atoms with E-state index in [1.165, 1.54) is 36.4 Å². The molecular formula is C40H39FN6O6S2. The zero-order valence-electron chi connectivity index (χ0n) is 29.8. The molecule has 1 aliphatic heterocycles. The first-order valence-electron chi connectivity index (χ1n) is 17.5. The van der Waals surface area contributed by atoms with Crippen LogP contribution in [0.4, 0.5) is 32.8 Å². The van der Waals surface area contributed by atoms with Crippen molar-refractivity contribution in [2.75, 3.05) is 58.9 Å². The molecule has 6 rings (SSSR count). The molecule has 1 saturated heterocycles. The minimum absolute atomic E-state index is 0.0338. The molecule has 5 aromatic rings. The Labute approximate surface area is 322 Å². The molecule has 1 aliphatic rings. The van der Waals surface area contributed by atoms with E-state index in [0.29, 0.717) is 55.4 Å². The summed E-state index contributed by atoms with van der Waals surface area (Å²) in [6, 6.07) is 30.9. The number of benzene rings is 5. The van der Waals surface area contributed by atoms with E-state index in [-0.39, 0.29) is 27.8 Å². The largest absolute Gasteiger partial charge is 0.508 e. The quantitative estimate of drug-likeness (QED) is 0.0511. The van der Waals surface area contributed by atoms with Crippen LogP contribution in [-0.2, 0) is 14.8 Å². The van der Waals surface area contributed by atoms with Gasteiger partial charge in [-0.2, -0.15) is 0 Å². The maximum atomic E-state index is 13.3. The molecule has 15 heteroatoms. The van der Waals surface area contributed by atoms with Gasteiger partial charge in [0, 0.05) is 72.1 Å². The molecule has 0 radical (unpaired) electrons. The number of sulfonamides is 1. The molecular weight excluding hydrogens is 744 g/mol. The molecule has 12 nitrogen and oxygen atoms in total. The zero-order chi connectivity index (χ0) is 39.0. The number of halogens is 1. The van der Waals surface area contributed by atoms with Crippen LogP contribution in [0.15, 0.2) is 130 Å². The Bertz CT molecular complexity index is 2250. The van der Waals surface area contributed by atoms with Crippen LogP contribution in [-0.4, -0.2) is 63.8 Å². The van der Waals surface area contributed by atoms with Crippen molar-refractivity contribution in [1.82, 2.24) is 4.72 Å². The van der Waals surface area contributed by atoms with Crippen LogP contribution in [0, 0.1) is 10.7 Å². The minimum atomic E-state index is -4.31. The number of hydrogen-bond acceptors (Lipinski definition) is 11. The Morgan fingerprint density at radius 3 is 2.20 bits per heavy atom. The summed E-state index contributed by atoms with van der Waals surface area (Å²) in [5, 5.41) is 19.4. The van der Waals surface area contributed by atoms with Crippen molar-refractivity contribution < 1.29 is 27.5 Å². The predicted octanol–water partition coefficient (Wildman–Crippen LogP) is 7.32.